The molecule has 24 heavy (non-hydrogen) atoms. The number of nitrogens with one attached hydrogen (secondary N) is 2. The molecule has 3 rings (SSSR count). The van der Waals surface area contributed by atoms with Gasteiger partial charge in [-0.1, -0.05) is 6.07 Å². The SMILES string of the molecule is COc1cc(NC(=O)c2cccs2)c(C(=O)NC2CC2)cc1OC. The van der Waals surface area contributed by atoms with Crippen molar-refractivity contribution in [2.45, 2.75) is 18.9 Å². The molecule has 0 bridgehead atoms. The van der Waals surface area contributed by atoms with E-state index in [2.05, 4.69) is 10.6 Å². The number of amides is 2. The monoisotopic (exact) mass is 346 g/mol. The first-order valence-corrected chi connectivity index (χ1v) is 8.42. The standard InChI is InChI=1S/C17H18N2O4S/c1-22-13-8-11(16(20)18-10-5-6-10)12(9-14(13)23-2)19-17(21)15-4-3-7-24-15/h3-4,7-10H,5-6H2,1-2H3,(H,18,20)(H,19,21). The molecule has 1 saturated carbocycles. The molecule has 0 aliphatic heterocycles. The Kier molecular flexibility index (Phi) is 4.71. The number of anilines is 1. The lowest BCUT2D eigenvalue weighted by molar-refractivity contribution is 0.0951. The molecule has 2 aromatic rings. The van der Waals surface area contributed by atoms with Gasteiger partial charge in [-0.2, -0.15) is 0 Å². The Morgan fingerprint density at radius 3 is 2.42 bits per heavy atom. The van der Waals surface area contributed by atoms with E-state index in [0.717, 1.165) is 12.8 Å². The van der Waals surface area contributed by atoms with E-state index in [1.165, 1.54) is 25.6 Å². The van der Waals surface area contributed by atoms with Crippen LogP contribution in [0.4, 0.5) is 5.69 Å². The number of thiophene rings is 1. The largest absolute Gasteiger partial charge is 0.493 e. The van der Waals surface area contributed by atoms with Crippen molar-refractivity contribution in [3.05, 3.63) is 40.1 Å². The Labute approximate surface area is 143 Å². The summed E-state index contributed by atoms with van der Waals surface area (Å²) in [7, 11) is 3.01. The number of hydrogen-bond acceptors (Lipinski definition) is 5. The lowest BCUT2D eigenvalue weighted by Gasteiger charge is -2.15. The Hall–Kier alpha value is -2.54. The lowest BCUT2D eigenvalue weighted by atomic mass is 10.1. The van der Waals surface area contributed by atoms with E-state index in [1.54, 1.807) is 24.3 Å². The average Bonchev–Trinajstić information content (AvgIpc) is 3.22. The zero-order chi connectivity index (χ0) is 17.1. The number of ether oxygens (including phenoxy) is 2. The fourth-order valence-electron chi connectivity index (χ4n) is 2.25. The zero-order valence-corrected chi connectivity index (χ0v) is 14.2. The van der Waals surface area contributed by atoms with Crippen molar-refractivity contribution < 1.29 is 19.1 Å². The molecule has 7 heteroatoms. The summed E-state index contributed by atoms with van der Waals surface area (Å²) in [5, 5.41) is 7.54. The molecule has 1 aromatic carbocycles. The maximum atomic E-state index is 12.5. The van der Waals surface area contributed by atoms with Crippen LogP contribution in [-0.2, 0) is 0 Å². The molecular weight excluding hydrogens is 328 g/mol. The fourth-order valence-corrected chi connectivity index (χ4v) is 2.87. The zero-order valence-electron chi connectivity index (χ0n) is 13.4. The smallest absolute Gasteiger partial charge is 0.265 e. The summed E-state index contributed by atoms with van der Waals surface area (Å²) in [5.41, 5.74) is 0.744. The summed E-state index contributed by atoms with van der Waals surface area (Å²) in [6.07, 6.45) is 1.96. The third-order valence-electron chi connectivity index (χ3n) is 3.67. The number of benzene rings is 1. The maximum Gasteiger partial charge on any atom is 0.265 e. The van der Waals surface area contributed by atoms with Crippen molar-refractivity contribution in [1.29, 1.82) is 0 Å². The van der Waals surface area contributed by atoms with Gasteiger partial charge in [-0.25, -0.2) is 0 Å². The molecule has 1 aliphatic carbocycles. The third kappa shape index (κ3) is 3.51. The van der Waals surface area contributed by atoms with Gasteiger partial charge in [0.25, 0.3) is 11.8 Å². The molecule has 2 N–H and O–H groups in total. The Balaban J connectivity index is 1.94. The van der Waals surface area contributed by atoms with Gasteiger partial charge in [0.1, 0.15) is 0 Å². The third-order valence-corrected chi connectivity index (χ3v) is 4.54. The fraction of sp³-hybridized carbons (Fsp3) is 0.294. The molecule has 2 amide bonds. The minimum atomic E-state index is -0.266. The second-order valence-corrected chi connectivity index (χ2v) is 6.38. The number of carbonyl (C=O) groups excluding carboxylic acids is 2. The molecule has 1 heterocycles. The molecule has 1 aromatic heterocycles. The summed E-state index contributed by atoms with van der Waals surface area (Å²) in [6, 6.07) is 6.93. The Morgan fingerprint density at radius 1 is 1.12 bits per heavy atom. The van der Waals surface area contributed by atoms with Crippen LogP contribution in [0.2, 0.25) is 0 Å². The van der Waals surface area contributed by atoms with Crippen molar-refractivity contribution >= 4 is 28.8 Å². The highest BCUT2D eigenvalue weighted by Crippen LogP contribution is 2.34. The highest BCUT2D eigenvalue weighted by Gasteiger charge is 2.26. The predicted molar refractivity (Wildman–Crippen MR) is 92.3 cm³/mol. The van der Waals surface area contributed by atoms with E-state index in [9.17, 15) is 9.59 Å². The second kappa shape index (κ2) is 6.92. The van der Waals surface area contributed by atoms with Gasteiger partial charge < -0.3 is 20.1 Å². The first-order valence-electron chi connectivity index (χ1n) is 7.54. The van der Waals surface area contributed by atoms with E-state index >= 15 is 0 Å². The van der Waals surface area contributed by atoms with Crippen LogP contribution in [0.1, 0.15) is 32.9 Å². The quantitative estimate of drug-likeness (QED) is 0.843. The van der Waals surface area contributed by atoms with E-state index in [0.29, 0.717) is 27.6 Å². The van der Waals surface area contributed by atoms with Gasteiger partial charge in [-0.3, -0.25) is 9.59 Å². The first kappa shape index (κ1) is 16.3. The number of hydrogen-bond donors (Lipinski definition) is 2. The van der Waals surface area contributed by atoms with Crippen LogP contribution in [0, 0.1) is 0 Å². The predicted octanol–water partition coefficient (Wildman–Crippen LogP) is 2.91. The number of carbonyl (C=O) groups is 2. The van der Waals surface area contributed by atoms with Crippen LogP contribution in [0.15, 0.2) is 29.6 Å². The van der Waals surface area contributed by atoms with E-state index in [-0.39, 0.29) is 17.9 Å². The van der Waals surface area contributed by atoms with Crippen LogP contribution >= 0.6 is 11.3 Å². The highest BCUT2D eigenvalue weighted by molar-refractivity contribution is 7.12. The first-order chi connectivity index (χ1) is 11.6. The Morgan fingerprint density at radius 2 is 1.83 bits per heavy atom. The molecule has 1 fully saturated rings. The van der Waals surface area contributed by atoms with Crippen molar-refractivity contribution in [3.8, 4) is 11.5 Å². The van der Waals surface area contributed by atoms with Crippen molar-refractivity contribution in [1.82, 2.24) is 5.32 Å². The lowest BCUT2D eigenvalue weighted by Crippen LogP contribution is -2.27. The molecule has 0 saturated heterocycles. The van der Waals surface area contributed by atoms with Gasteiger partial charge in [0.2, 0.25) is 0 Å². The van der Waals surface area contributed by atoms with E-state index in [1.807, 2.05) is 5.38 Å². The molecular formula is C17H18N2O4S. The Bertz CT molecular complexity index is 754. The van der Waals surface area contributed by atoms with Crippen LogP contribution in [-0.4, -0.2) is 32.1 Å². The van der Waals surface area contributed by atoms with E-state index in [4.69, 9.17) is 9.47 Å². The molecule has 0 atom stereocenters. The van der Waals surface area contributed by atoms with Gasteiger partial charge in [0.05, 0.1) is 30.3 Å². The van der Waals surface area contributed by atoms with Crippen LogP contribution in [0.5, 0.6) is 11.5 Å². The van der Waals surface area contributed by atoms with Crippen molar-refractivity contribution in [2.75, 3.05) is 19.5 Å². The molecule has 0 spiro atoms. The second-order valence-electron chi connectivity index (χ2n) is 5.43. The van der Waals surface area contributed by atoms with Crippen molar-refractivity contribution in [2.24, 2.45) is 0 Å². The van der Waals surface area contributed by atoms with E-state index < -0.39 is 0 Å². The van der Waals surface area contributed by atoms with Crippen LogP contribution in [0.25, 0.3) is 0 Å². The summed E-state index contributed by atoms with van der Waals surface area (Å²) < 4.78 is 10.5. The molecule has 126 valence electrons. The van der Waals surface area contributed by atoms with Crippen LogP contribution < -0.4 is 20.1 Å². The minimum absolute atomic E-state index is 0.214. The van der Waals surface area contributed by atoms with Gasteiger partial charge in [-0.15, -0.1) is 11.3 Å². The van der Waals surface area contributed by atoms with Gasteiger partial charge in [0.15, 0.2) is 11.5 Å². The number of rotatable bonds is 6. The summed E-state index contributed by atoms with van der Waals surface area (Å²) in [4.78, 5) is 25.4. The number of methoxy groups -OCH3 is 2. The van der Waals surface area contributed by atoms with Crippen molar-refractivity contribution in [3.63, 3.8) is 0 Å². The molecule has 1 aliphatic rings. The summed E-state index contributed by atoms with van der Waals surface area (Å²) >= 11 is 1.33. The molecule has 6 nitrogen and oxygen atoms in total. The summed E-state index contributed by atoms with van der Waals surface area (Å²) in [5.74, 6) is 0.382. The highest BCUT2D eigenvalue weighted by atomic mass is 32.1. The summed E-state index contributed by atoms with van der Waals surface area (Å²) in [6.45, 7) is 0. The normalized spacial score (nSPS) is 13.2. The van der Waals surface area contributed by atoms with Gasteiger partial charge >= 0.3 is 0 Å². The molecule has 0 radical (unpaired) electrons. The topological polar surface area (TPSA) is 76.7 Å². The van der Waals surface area contributed by atoms with Gasteiger partial charge in [-0.05, 0) is 30.4 Å². The average molecular weight is 346 g/mol. The maximum absolute atomic E-state index is 12.5. The van der Waals surface area contributed by atoms with Crippen LogP contribution in [0.3, 0.4) is 0 Å². The molecule has 0 unspecified atom stereocenters. The van der Waals surface area contributed by atoms with Gasteiger partial charge in [0, 0.05) is 12.1 Å². The minimum Gasteiger partial charge on any atom is -0.493 e.